The number of piperazine rings is 2. The number of aliphatic imine (C=N–C) groups is 1. The number of amides is 2. The molecule has 0 spiro atoms. The number of carbonyl (C=O) groups excluding carboxylic acids is 2. The van der Waals surface area contributed by atoms with Crippen molar-refractivity contribution in [2.24, 2.45) is 22.7 Å². The number of anilines is 3. The van der Waals surface area contributed by atoms with Gasteiger partial charge in [0.1, 0.15) is 25.0 Å². The summed E-state index contributed by atoms with van der Waals surface area (Å²) in [5.41, 5.74) is 14.9. The average molecular weight is 1080 g/mol. The number of phenolic OH excluding ortho intramolecular Hbond substituents is 1. The van der Waals surface area contributed by atoms with Crippen molar-refractivity contribution in [2.45, 2.75) is 84.2 Å². The molecule has 5 aliphatic rings. The van der Waals surface area contributed by atoms with E-state index in [1.54, 1.807) is 23.5 Å². The number of benzene rings is 2. The second kappa shape index (κ2) is 24.5. The summed E-state index contributed by atoms with van der Waals surface area (Å²) < 4.78 is 18.4. The Morgan fingerprint density at radius 3 is 2.24 bits per heavy atom. The van der Waals surface area contributed by atoms with Crippen molar-refractivity contribution in [3.63, 3.8) is 0 Å². The molecule has 0 aliphatic carbocycles. The Morgan fingerprint density at radius 2 is 1.58 bits per heavy atom. The van der Waals surface area contributed by atoms with Crippen LogP contribution in [0.4, 0.5) is 17.2 Å². The van der Waals surface area contributed by atoms with Crippen LogP contribution in [0.2, 0.25) is 0 Å². The number of thiazole rings is 1. The van der Waals surface area contributed by atoms with Gasteiger partial charge in [-0.1, -0.05) is 64.1 Å². The van der Waals surface area contributed by atoms with Gasteiger partial charge in [0.15, 0.2) is 5.82 Å². The van der Waals surface area contributed by atoms with Crippen molar-refractivity contribution in [1.82, 2.24) is 40.2 Å². The van der Waals surface area contributed by atoms with Crippen LogP contribution in [0.3, 0.4) is 0 Å². The van der Waals surface area contributed by atoms with Gasteiger partial charge in [-0.25, -0.2) is 15.0 Å². The van der Waals surface area contributed by atoms with E-state index < -0.39 is 24.1 Å². The molecule has 4 fully saturated rings. The molecular formula is C58H74N12O7S. The molecule has 2 aromatic carbocycles. The molecule has 3 aromatic heterocycles. The molecule has 10 rings (SSSR count). The van der Waals surface area contributed by atoms with Crippen molar-refractivity contribution >= 4 is 46.1 Å². The molecule has 5 N–H and O–H groups in total. The van der Waals surface area contributed by atoms with Gasteiger partial charge in [0.25, 0.3) is 0 Å². The van der Waals surface area contributed by atoms with E-state index in [1.807, 2.05) is 81.0 Å². The average Bonchev–Trinajstić information content (AvgIpc) is 4.26. The lowest BCUT2D eigenvalue weighted by Gasteiger charge is -2.43. The number of nitrogens with one attached hydrogen (secondary N) is 1. The highest BCUT2D eigenvalue weighted by atomic mass is 32.1. The Hall–Kier alpha value is -6.71. The zero-order valence-electron chi connectivity index (χ0n) is 45.4. The number of nitrogens with two attached hydrogens (primary N) is 1. The van der Waals surface area contributed by atoms with Crippen LogP contribution in [0.25, 0.3) is 21.7 Å². The standard InChI is InChI=1S/C58H74N12O7S/c1-36(2)33-75-34-48(39-10-12-40(13-11-39)55-38(5)61-35-78-55)63-57(73)50-27-44(71)32-69(50)58(74)54(37(3)4)47-29-53(62-47)77-25-23-67-20-18-66(19-21-67)22-24-76-52-26-41(16-17-60-52)70-42-14-15-43(70)31-68(30-42)49-28-46(64-65-56(49)59)45-8-6-7-9-51(45)72/h6-13,16-17,26,28-29,35-37,42-44,48,50,54,71-72H,14-15,18-25,27,30-34H2,1-5H3,(H2,59,65)(H,63,73)/t42?,43?,44-,48-,50+,54+/m1/s1. The second-order valence-electron chi connectivity index (χ2n) is 22.0. The van der Waals surface area contributed by atoms with Crippen molar-refractivity contribution in [3.8, 4) is 33.3 Å². The van der Waals surface area contributed by atoms with E-state index >= 15 is 0 Å². The van der Waals surface area contributed by atoms with Crippen LogP contribution in [0.1, 0.15) is 64.3 Å². The first kappa shape index (κ1) is 54.6. The molecule has 2 amide bonds. The molecule has 0 radical (unpaired) electrons. The lowest BCUT2D eigenvalue weighted by Crippen LogP contribution is -2.54. The van der Waals surface area contributed by atoms with Gasteiger partial charge in [0.2, 0.25) is 23.6 Å². The van der Waals surface area contributed by atoms with E-state index in [2.05, 4.69) is 76.1 Å². The van der Waals surface area contributed by atoms with Gasteiger partial charge in [-0.2, -0.15) is 0 Å². The summed E-state index contributed by atoms with van der Waals surface area (Å²) in [4.78, 5) is 54.4. The Bertz CT molecular complexity index is 2930. The third-order valence-electron chi connectivity index (χ3n) is 15.6. The number of nitrogen functional groups attached to an aromatic ring is 1. The first-order chi connectivity index (χ1) is 37.8. The maximum atomic E-state index is 14.4. The van der Waals surface area contributed by atoms with E-state index in [9.17, 15) is 19.8 Å². The van der Waals surface area contributed by atoms with Crippen LogP contribution in [0.5, 0.6) is 11.6 Å². The van der Waals surface area contributed by atoms with Gasteiger partial charge in [-0.05, 0) is 67.0 Å². The molecule has 5 aromatic rings. The van der Waals surface area contributed by atoms with Gasteiger partial charge < -0.3 is 50.2 Å². The smallest absolute Gasteiger partial charge is 0.243 e. The van der Waals surface area contributed by atoms with E-state index in [1.165, 1.54) is 4.90 Å². The minimum Gasteiger partial charge on any atom is -0.507 e. The zero-order chi connectivity index (χ0) is 54.5. The summed E-state index contributed by atoms with van der Waals surface area (Å²) >= 11 is 1.59. The minimum absolute atomic E-state index is 0.0687. The lowest BCUT2D eigenvalue weighted by atomic mass is 9.87. The maximum Gasteiger partial charge on any atom is 0.243 e. The van der Waals surface area contributed by atoms with Crippen LogP contribution in [0, 0.1) is 24.7 Å². The Kier molecular flexibility index (Phi) is 17.2. The van der Waals surface area contributed by atoms with Crippen molar-refractivity contribution < 1.29 is 34.0 Å². The second-order valence-corrected chi connectivity index (χ2v) is 22.8. The number of aromatic nitrogens is 4. The molecule has 8 heterocycles. The number of aryl methyl sites for hydroxylation is 1. The summed E-state index contributed by atoms with van der Waals surface area (Å²) in [5, 5.41) is 33.1. The summed E-state index contributed by atoms with van der Waals surface area (Å²) in [6.07, 6.45) is 5.12. The number of aromatic hydroxyl groups is 1. The van der Waals surface area contributed by atoms with Gasteiger partial charge in [0, 0.05) is 114 Å². The van der Waals surface area contributed by atoms with Crippen molar-refractivity contribution in [3.05, 3.63) is 102 Å². The number of rotatable bonds is 22. The third kappa shape index (κ3) is 12.6. The first-order valence-corrected chi connectivity index (χ1v) is 28.4. The molecule has 78 heavy (non-hydrogen) atoms. The summed E-state index contributed by atoms with van der Waals surface area (Å²) in [7, 11) is 0. The molecule has 20 heteroatoms. The van der Waals surface area contributed by atoms with Crippen LogP contribution in [0.15, 0.2) is 95.4 Å². The highest BCUT2D eigenvalue weighted by Crippen LogP contribution is 2.40. The number of fused-ring (bicyclic) bond motifs is 2. The molecule has 414 valence electrons. The molecular weight excluding hydrogens is 1010 g/mol. The van der Waals surface area contributed by atoms with Gasteiger partial charge in [0.05, 0.1) is 57.8 Å². The highest BCUT2D eigenvalue weighted by molar-refractivity contribution is 7.13. The monoisotopic (exact) mass is 1080 g/mol. The van der Waals surface area contributed by atoms with Crippen molar-refractivity contribution in [2.75, 3.05) is 101 Å². The molecule has 2 bridgehead atoms. The fourth-order valence-electron chi connectivity index (χ4n) is 11.5. The fraction of sp³-hybridized carbons (Fsp3) is 0.500. The summed E-state index contributed by atoms with van der Waals surface area (Å²) in [5.74, 6) is 0.722. The molecule has 2 unspecified atom stereocenters. The number of para-hydroxylation sites is 1. The SMILES string of the molecule is Cc1ncsc1-c1ccc([C@@H](COCC(C)C)NC(=O)[C@@H]2C[C@@H](O)CN2C(=O)[C@H](C2=NC(OCCN3CCN(CCOc4cc(N5C6CCC5CN(c5cc(-c7ccccc7O)nnc5N)C6)ccn4)CC3)=C2)C(C)C)cc1. The minimum atomic E-state index is -0.842. The Morgan fingerprint density at radius 1 is 0.872 bits per heavy atom. The van der Waals surface area contributed by atoms with E-state index in [0.29, 0.717) is 60.3 Å². The molecule has 0 saturated carbocycles. The number of nitrogens with zero attached hydrogens (tertiary/aromatic N) is 10. The van der Waals surface area contributed by atoms with Gasteiger partial charge >= 0.3 is 0 Å². The number of likely N-dealkylation sites (tertiary alicyclic amines) is 1. The topological polar surface area (TPSA) is 220 Å². The first-order valence-electron chi connectivity index (χ1n) is 27.5. The summed E-state index contributed by atoms with van der Waals surface area (Å²) in [6, 6.07) is 20.6. The largest absolute Gasteiger partial charge is 0.507 e. The number of pyridine rings is 1. The molecule has 4 saturated heterocycles. The van der Waals surface area contributed by atoms with Crippen LogP contribution >= 0.6 is 11.3 Å². The number of ether oxygens (including phenoxy) is 3. The fourth-order valence-corrected chi connectivity index (χ4v) is 12.3. The highest BCUT2D eigenvalue weighted by Gasteiger charge is 2.45. The number of hydrogen-bond donors (Lipinski definition) is 4. The number of aliphatic hydroxyl groups is 1. The molecule has 5 aliphatic heterocycles. The van der Waals surface area contributed by atoms with E-state index in [-0.39, 0.29) is 55.1 Å². The number of hydrogen-bond acceptors (Lipinski definition) is 18. The van der Waals surface area contributed by atoms with Gasteiger partial charge in [-0.15, -0.1) is 21.5 Å². The predicted molar refractivity (Wildman–Crippen MR) is 302 cm³/mol. The molecule has 6 atom stereocenters. The molecule has 19 nitrogen and oxygen atoms in total. The van der Waals surface area contributed by atoms with E-state index in [0.717, 1.165) is 98.3 Å². The van der Waals surface area contributed by atoms with Crippen LogP contribution < -0.4 is 25.6 Å². The Balaban J connectivity index is 0.655. The quantitative estimate of drug-likeness (QED) is 0.0607. The number of β-amino-alcohol motifs (C(OH)–C–C–N with tert-alkyl or cyclic N) is 1. The predicted octanol–water partition coefficient (Wildman–Crippen LogP) is 6.19. The number of carbonyl (C=O) groups is 2. The zero-order valence-corrected chi connectivity index (χ0v) is 46.2. The van der Waals surface area contributed by atoms with E-state index in [4.69, 9.17) is 19.9 Å². The van der Waals surface area contributed by atoms with Crippen LogP contribution in [-0.4, -0.2) is 172 Å². The van der Waals surface area contributed by atoms with Crippen molar-refractivity contribution in [1.29, 1.82) is 0 Å². The third-order valence-corrected chi connectivity index (χ3v) is 16.6. The normalized spacial score (nSPS) is 21.4. The Labute approximate surface area is 461 Å². The number of phenols is 1. The summed E-state index contributed by atoms with van der Waals surface area (Å²) in [6.45, 7) is 18.7. The van der Waals surface area contributed by atoms with Crippen LogP contribution in [-0.2, 0) is 19.1 Å². The maximum absolute atomic E-state index is 14.4. The number of aliphatic hydroxyl groups excluding tert-OH is 1. The number of allylic oxidation sites excluding steroid dienone is 1. The van der Waals surface area contributed by atoms with Gasteiger partial charge in [-0.3, -0.25) is 19.4 Å². The lowest BCUT2D eigenvalue weighted by molar-refractivity contribution is -0.141.